The Morgan fingerprint density at radius 3 is 2.50 bits per heavy atom. The number of rotatable bonds is 6. The van der Waals surface area contributed by atoms with E-state index in [1.807, 2.05) is 29.2 Å². The van der Waals surface area contributed by atoms with Crippen molar-refractivity contribution in [3.8, 4) is 5.75 Å². The van der Waals surface area contributed by atoms with Crippen LogP contribution in [0.5, 0.6) is 5.75 Å². The van der Waals surface area contributed by atoms with E-state index in [-0.39, 0.29) is 13.0 Å². The van der Waals surface area contributed by atoms with Crippen molar-refractivity contribution in [2.75, 3.05) is 25.1 Å². The molecule has 0 aromatic heterocycles. The van der Waals surface area contributed by atoms with Gasteiger partial charge in [0.25, 0.3) is 0 Å². The quantitative estimate of drug-likeness (QED) is 0.578. The third kappa shape index (κ3) is 4.26. The Morgan fingerprint density at radius 2 is 1.82 bits per heavy atom. The van der Waals surface area contributed by atoms with E-state index >= 15 is 0 Å². The Balaban J connectivity index is 1.86. The second-order valence-corrected chi connectivity index (χ2v) is 8.00. The van der Waals surface area contributed by atoms with Crippen LogP contribution in [0.4, 0.5) is 23.2 Å². The Kier molecular flexibility index (Phi) is 5.60. The van der Waals surface area contributed by atoms with Gasteiger partial charge in [-0.3, -0.25) is 0 Å². The van der Waals surface area contributed by atoms with Gasteiger partial charge in [-0.25, -0.2) is 4.39 Å². The lowest BCUT2D eigenvalue weighted by Gasteiger charge is -2.35. The monoisotopic (exact) mass is 395 g/mol. The zero-order valence-corrected chi connectivity index (χ0v) is 16.3. The van der Waals surface area contributed by atoms with Gasteiger partial charge < -0.3 is 9.64 Å². The fraction of sp³-hybridized carbons (Fsp3) is 0.455. The van der Waals surface area contributed by atoms with Crippen molar-refractivity contribution in [2.24, 2.45) is 5.92 Å². The zero-order valence-electron chi connectivity index (χ0n) is 16.3. The molecule has 1 atom stereocenters. The van der Waals surface area contributed by atoms with E-state index in [2.05, 4.69) is 0 Å². The number of ether oxygens (including phenoxy) is 1. The molecule has 0 fully saturated rings. The minimum Gasteiger partial charge on any atom is -0.496 e. The van der Waals surface area contributed by atoms with E-state index < -0.39 is 23.3 Å². The molecule has 3 rings (SSSR count). The van der Waals surface area contributed by atoms with E-state index in [4.69, 9.17) is 4.74 Å². The molecule has 6 heteroatoms. The van der Waals surface area contributed by atoms with Crippen molar-refractivity contribution in [3.63, 3.8) is 0 Å². The molecule has 152 valence electrons. The molecule has 2 aromatic carbocycles. The molecule has 0 radical (unpaired) electrons. The highest BCUT2D eigenvalue weighted by Crippen LogP contribution is 2.42. The average Bonchev–Trinajstić information content (AvgIpc) is 3.03. The minimum atomic E-state index is -4.35. The van der Waals surface area contributed by atoms with Gasteiger partial charge in [-0.1, -0.05) is 32.0 Å². The summed E-state index contributed by atoms with van der Waals surface area (Å²) < 4.78 is 60.8. The van der Waals surface area contributed by atoms with Crippen molar-refractivity contribution in [1.82, 2.24) is 0 Å². The van der Waals surface area contributed by atoms with Crippen LogP contribution in [-0.4, -0.2) is 26.4 Å². The lowest BCUT2D eigenvalue weighted by Crippen LogP contribution is -2.39. The molecule has 0 saturated heterocycles. The number of hydrogen-bond donors (Lipinski definition) is 0. The summed E-state index contributed by atoms with van der Waals surface area (Å²) in [5.41, 5.74) is 1.49. The van der Waals surface area contributed by atoms with Gasteiger partial charge in [-0.05, 0) is 48.1 Å². The number of nitrogens with zero attached hydrogens (tertiary/aromatic N) is 1. The van der Waals surface area contributed by atoms with Gasteiger partial charge in [0.05, 0.1) is 13.0 Å². The van der Waals surface area contributed by atoms with Gasteiger partial charge >= 0.3 is 6.18 Å². The predicted molar refractivity (Wildman–Crippen MR) is 102 cm³/mol. The van der Waals surface area contributed by atoms with E-state index in [0.717, 1.165) is 17.7 Å². The number of hydrogen-bond acceptors (Lipinski definition) is 2. The fourth-order valence-electron chi connectivity index (χ4n) is 4.08. The molecule has 0 spiro atoms. The summed E-state index contributed by atoms with van der Waals surface area (Å²) >= 11 is 0. The molecule has 2 nitrogen and oxygen atoms in total. The van der Waals surface area contributed by atoms with Crippen molar-refractivity contribution >= 4 is 5.69 Å². The third-order valence-corrected chi connectivity index (χ3v) is 5.53. The molecule has 1 unspecified atom stereocenters. The predicted octanol–water partition coefficient (Wildman–Crippen LogP) is 5.74. The highest BCUT2D eigenvalue weighted by molar-refractivity contribution is 5.57. The molecular formula is C22H25F4NO. The van der Waals surface area contributed by atoms with E-state index in [9.17, 15) is 17.6 Å². The Morgan fingerprint density at radius 1 is 1.11 bits per heavy atom. The van der Waals surface area contributed by atoms with E-state index in [0.29, 0.717) is 17.9 Å². The molecular weight excluding hydrogens is 370 g/mol. The lowest BCUT2D eigenvalue weighted by molar-refractivity contribution is -0.177. The SMILES string of the molecule is COc1ccc(F)cc1C(C)(C)CC(CN1CCc2ccccc21)C(F)(F)F. The number of methoxy groups -OCH3 is 1. The maximum atomic E-state index is 13.9. The van der Waals surface area contributed by atoms with Gasteiger partial charge in [0.1, 0.15) is 11.6 Å². The highest BCUT2D eigenvalue weighted by atomic mass is 19.4. The number of halogens is 4. The van der Waals surface area contributed by atoms with Crippen molar-refractivity contribution in [2.45, 2.75) is 38.3 Å². The maximum absolute atomic E-state index is 13.9. The third-order valence-electron chi connectivity index (χ3n) is 5.53. The van der Waals surface area contributed by atoms with Gasteiger partial charge in [-0.2, -0.15) is 13.2 Å². The highest BCUT2D eigenvalue weighted by Gasteiger charge is 2.45. The number of fused-ring (bicyclic) bond motifs is 1. The Bertz CT molecular complexity index is 832. The van der Waals surface area contributed by atoms with Crippen molar-refractivity contribution in [3.05, 3.63) is 59.4 Å². The fourth-order valence-corrected chi connectivity index (χ4v) is 4.08. The number of para-hydroxylation sites is 1. The van der Waals surface area contributed by atoms with Crippen LogP contribution < -0.4 is 9.64 Å². The summed E-state index contributed by atoms with van der Waals surface area (Å²) in [6.45, 7) is 3.89. The van der Waals surface area contributed by atoms with Crippen LogP contribution in [0.2, 0.25) is 0 Å². The number of benzene rings is 2. The van der Waals surface area contributed by atoms with Crippen LogP contribution in [-0.2, 0) is 11.8 Å². The first-order chi connectivity index (χ1) is 13.1. The summed E-state index contributed by atoms with van der Waals surface area (Å²) in [4.78, 5) is 1.81. The van der Waals surface area contributed by atoms with Crippen LogP contribution in [0.15, 0.2) is 42.5 Å². The van der Waals surface area contributed by atoms with Crippen LogP contribution in [0.25, 0.3) is 0 Å². The Hall–Kier alpha value is -2.24. The second kappa shape index (κ2) is 7.64. The summed E-state index contributed by atoms with van der Waals surface area (Å²) in [5.74, 6) is -1.62. The van der Waals surface area contributed by atoms with E-state index in [1.165, 1.54) is 25.3 Å². The summed E-state index contributed by atoms with van der Waals surface area (Å²) in [5, 5.41) is 0. The number of anilines is 1. The van der Waals surface area contributed by atoms with Crippen molar-refractivity contribution in [1.29, 1.82) is 0 Å². The summed E-state index contributed by atoms with van der Waals surface area (Å²) in [6, 6.07) is 11.6. The Labute approximate surface area is 163 Å². The molecule has 0 bridgehead atoms. The maximum Gasteiger partial charge on any atom is 0.393 e. The van der Waals surface area contributed by atoms with Gasteiger partial charge in [0, 0.05) is 24.3 Å². The van der Waals surface area contributed by atoms with Crippen LogP contribution in [0.1, 0.15) is 31.4 Å². The van der Waals surface area contributed by atoms with Gasteiger partial charge in [-0.15, -0.1) is 0 Å². The average molecular weight is 395 g/mol. The smallest absolute Gasteiger partial charge is 0.393 e. The first-order valence-electron chi connectivity index (χ1n) is 9.35. The van der Waals surface area contributed by atoms with Crippen LogP contribution in [0.3, 0.4) is 0 Å². The van der Waals surface area contributed by atoms with Crippen LogP contribution >= 0.6 is 0 Å². The van der Waals surface area contributed by atoms with Crippen molar-refractivity contribution < 1.29 is 22.3 Å². The first-order valence-corrected chi connectivity index (χ1v) is 9.35. The van der Waals surface area contributed by atoms with Gasteiger partial charge in [0.15, 0.2) is 0 Å². The molecule has 1 aliphatic rings. The molecule has 1 heterocycles. The molecule has 28 heavy (non-hydrogen) atoms. The molecule has 0 aliphatic carbocycles. The largest absolute Gasteiger partial charge is 0.496 e. The summed E-state index contributed by atoms with van der Waals surface area (Å²) in [7, 11) is 1.44. The zero-order chi connectivity index (χ0) is 20.5. The topological polar surface area (TPSA) is 12.5 Å². The molecule has 0 saturated carbocycles. The number of alkyl halides is 3. The molecule has 0 N–H and O–H groups in total. The molecule has 2 aromatic rings. The standard InChI is InChI=1S/C22H25F4NO/c1-21(2,18-12-17(23)8-9-20(18)28-3)13-16(22(24,25)26)14-27-11-10-15-6-4-5-7-19(15)27/h4-9,12,16H,10-11,13-14H2,1-3H3. The lowest BCUT2D eigenvalue weighted by atomic mass is 9.76. The summed E-state index contributed by atoms with van der Waals surface area (Å²) in [6.07, 6.45) is -3.76. The second-order valence-electron chi connectivity index (χ2n) is 8.00. The molecule has 1 aliphatic heterocycles. The molecule has 0 amide bonds. The normalized spacial score (nSPS) is 15.5. The van der Waals surface area contributed by atoms with Gasteiger partial charge in [0.2, 0.25) is 0 Å². The first kappa shape index (κ1) is 20.5. The van der Waals surface area contributed by atoms with Crippen LogP contribution in [0, 0.1) is 11.7 Å². The minimum absolute atomic E-state index is 0.110. The van der Waals surface area contributed by atoms with E-state index in [1.54, 1.807) is 13.8 Å².